The van der Waals surface area contributed by atoms with Crippen molar-refractivity contribution in [3.8, 4) is 0 Å². The van der Waals surface area contributed by atoms with Crippen LogP contribution in [0, 0.1) is 0 Å². The van der Waals surface area contributed by atoms with Crippen molar-refractivity contribution in [2.24, 2.45) is 0 Å². The van der Waals surface area contributed by atoms with E-state index in [1.165, 1.54) is 6.92 Å². The maximum atomic E-state index is 10.8. The van der Waals surface area contributed by atoms with Crippen molar-refractivity contribution in [3.63, 3.8) is 0 Å². The molecule has 3 nitrogen and oxygen atoms in total. The van der Waals surface area contributed by atoms with Gasteiger partial charge in [0.15, 0.2) is 0 Å². The summed E-state index contributed by atoms with van der Waals surface area (Å²) in [6.45, 7) is 5.30. The van der Waals surface area contributed by atoms with Gasteiger partial charge in [-0.25, -0.2) is 0 Å². The molecule has 2 unspecified atom stereocenters. The fourth-order valence-corrected chi connectivity index (χ4v) is 1.36. The summed E-state index contributed by atoms with van der Waals surface area (Å²) in [6.07, 6.45) is 4.21. The minimum absolute atomic E-state index is 0.0120. The zero-order valence-electron chi connectivity index (χ0n) is 9.45. The van der Waals surface area contributed by atoms with E-state index in [0.29, 0.717) is 6.42 Å². The summed E-state index contributed by atoms with van der Waals surface area (Å²) in [6, 6.07) is 0. The van der Waals surface area contributed by atoms with Gasteiger partial charge in [0.2, 0.25) is 0 Å². The lowest BCUT2D eigenvalue weighted by atomic mass is 10.1. The molecule has 0 bridgehead atoms. The molecular formula is C11H22O3. The van der Waals surface area contributed by atoms with Gasteiger partial charge in [0.05, 0.1) is 6.10 Å². The molecule has 0 aliphatic carbocycles. The molecule has 1 N–H and O–H groups in total. The Labute approximate surface area is 86.5 Å². The van der Waals surface area contributed by atoms with E-state index in [1.54, 1.807) is 6.92 Å². The Bertz CT molecular complexity index is 155. The summed E-state index contributed by atoms with van der Waals surface area (Å²) >= 11 is 0. The number of hydrogen-bond acceptors (Lipinski definition) is 3. The van der Waals surface area contributed by atoms with Crippen molar-refractivity contribution in [2.75, 3.05) is 0 Å². The van der Waals surface area contributed by atoms with E-state index in [9.17, 15) is 4.79 Å². The van der Waals surface area contributed by atoms with Crippen molar-refractivity contribution in [1.29, 1.82) is 0 Å². The molecule has 2 atom stereocenters. The summed E-state index contributed by atoms with van der Waals surface area (Å²) in [4.78, 5) is 10.8. The van der Waals surface area contributed by atoms with Crippen LogP contribution in [-0.2, 0) is 9.53 Å². The van der Waals surface area contributed by atoms with E-state index < -0.39 is 0 Å². The molecule has 0 saturated carbocycles. The van der Waals surface area contributed by atoms with E-state index >= 15 is 0 Å². The van der Waals surface area contributed by atoms with E-state index in [-0.39, 0.29) is 18.2 Å². The minimum Gasteiger partial charge on any atom is -0.463 e. The number of rotatable bonds is 7. The van der Waals surface area contributed by atoms with Gasteiger partial charge in [-0.05, 0) is 26.2 Å². The van der Waals surface area contributed by atoms with Crippen molar-refractivity contribution in [3.05, 3.63) is 0 Å². The Morgan fingerprint density at radius 1 is 1.36 bits per heavy atom. The van der Waals surface area contributed by atoms with Gasteiger partial charge in [-0.1, -0.05) is 19.8 Å². The van der Waals surface area contributed by atoms with Crippen LogP contribution in [0.1, 0.15) is 52.9 Å². The minimum atomic E-state index is -0.310. The van der Waals surface area contributed by atoms with Crippen molar-refractivity contribution in [1.82, 2.24) is 0 Å². The number of carbonyl (C=O) groups excluding carboxylic acids is 1. The molecule has 0 fully saturated rings. The third kappa shape index (κ3) is 8.05. The highest BCUT2D eigenvalue weighted by Crippen LogP contribution is 2.12. The van der Waals surface area contributed by atoms with Crippen molar-refractivity contribution < 1.29 is 14.6 Å². The predicted octanol–water partition coefficient (Wildman–Crippen LogP) is 2.27. The van der Waals surface area contributed by atoms with Gasteiger partial charge in [0, 0.05) is 6.92 Å². The molecule has 14 heavy (non-hydrogen) atoms. The molecule has 0 amide bonds. The second kappa shape index (κ2) is 7.80. The maximum absolute atomic E-state index is 10.8. The summed E-state index contributed by atoms with van der Waals surface area (Å²) in [5.74, 6) is -0.225. The summed E-state index contributed by atoms with van der Waals surface area (Å²) < 4.78 is 5.15. The highest BCUT2D eigenvalue weighted by molar-refractivity contribution is 5.66. The molecule has 0 aliphatic rings. The van der Waals surface area contributed by atoms with E-state index in [1.807, 2.05) is 0 Å². The topological polar surface area (TPSA) is 46.5 Å². The Morgan fingerprint density at radius 3 is 2.43 bits per heavy atom. The molecule has 0 spiro atoms. The number of ether oxygens (including phenoxy) is 1. The van der Waals surface area contributed by atoms with Gasteiger partial charge >= 0.3 is 5.97 Å². The number of aliphatic hydroxyl groups excluding tert-OH is 1. The zero-order chi connectivity index (χ0) is 11.0. The van der Waals surface area contributed by atoms with E-state index in [4.69, 9.17) is 9.84 Å². The summed E-state index contributed by atoms with van der Waals surface area (Å²) in [7, 11) is 0. The second-order valence-corrected chi connectivity index (χ2v) is 3.80. The van der Waals surface area contributed by atoms with Crippen LogP contribution >= 0.6 is 0 Å². The number of esters is 1. The monoisotopic (exact) mass is 202 g/mol. The molecule has 0 aromatic carbocycles. The van der Waals surface area contributed by atoms with Crippen molar-refractivity contribution >= 4 is 5.97 Å². The van der Waals surface area contributed by atoms with Gasteiger partial charge in [-0.2, -0.15) is 0 Å². The first kappa shape index (κ1) is 13.4. The molecule has 84 valence electrons. The Hall–Kier alpha value is -0.570. The number of unbranched alkanes of at least 4 members (excludes halogenated alkanes) is 1. The average molecular weight is 202 g/mol. The van der Waals surface area contributed by atoms with Crippen LogP contribution in [-0.4, -0.2) is 23.3 Å². The third-order valence-corrected chi connectivity index (χ3v) is 2.12. The highest BCUT2D eigenvalue weighted by Gasteiger charge is 2.12. The van der Waals surface area contributed by atoms with E-state index in [0.717, 1.165) is 25.7 Å². The highest BCUT2D eigenvalue weighted by atomic mass is 16.5. The molecule has 0 aromatic heterocycles. The van der Waals surface area contributed by atoms with Gasteiger partial charge in [0.1, 0.15) is 6.10 Å². The maximum Gasteiger partial charge on any atom is 0.302 e. The van der Waals surface area contributed by atoms with Crippen LogP contribution in [0.4, 0.5) is 0 Å². The van der Waals surface area contributed by atoms with Crippen LogP contribution in [0.5, 0.6) is 0 Å². The Morgan fingerprint density at radius 2 is 2.00 bits per heavy atom. The lowest BCUT2D eigenvalue weighted by molar-refractivity contribution is -0.147. The van der Waals surface area contributed by atoms with Crippen LogP contribution in [0.25, 0.3) is 0 Å². The zero-order valence-corrected chi connectivity index (χ0v) is 9.45. The van der Waals surface area contributed by atoms with Gasteiger partial charge in [0.25, 0.3) is 0 Å². The third-order valence-electron chi connectivity index (χ3n) is 2.12. The molecule has 0 radical (unpaired) electrons. The molecule has 0 aromatic rings. The smallest absolute Gasteiger partial charge is 0.302 e. The molecule has 0 aliphatic heterocycles. The normalized spacial score (nSPS) is 14.9. The number of hydrogen-bond donors (Lipinski definition) is 1. The SMILES string of the molecule is CCCCC(CCC(C)O)OC(C)=O. The van der Waals surface area contributed by atoms with Crippen LogP contribution in [0.15, 0.2) is 0 Å². The van der Waals surface area contributed by atoms with Crippen LogP contribution in [0.2, 0.25) is 0 Å². The van der Waals surface area contributed by atoms with Gasteiger partial charge in [-0.15, -0.1) is 0 Å². The molecule has 0 rings (SSSR count). The number of aliphatic hydroxyl groups is 1. The summed E-state index contributed by atoms with van der Waals surface area (Å²) in [5, 5.41) is 9.12. The van der Waals surface area contributed by atoms with Gasteiger partial charge in [-0.3, -0.25) is 4.79 Å². The first-order valence-electron chi connectivity index (χ1n) is 5.41. The van der Waals surface area contributed by atoms with Crippen LogP contribution in [0.3, 0.4) is 0 Å². The second-order valence-electron chi connectivity index (χ2n) is 3.80. The predicted molar refractivity (Wildman–Crippen MR) is 56.0 cm³/mol. The quantitative estimate of drug-likeness (QED) is 0.644. The van der Waals surface area contributed by atoms with Gasteiger partial charge < -0.3 is 9.84 Å². The fraction of sp³-hybridized carbons (Fsp3) is 0.909. The Kier molecular flexibility index (Phi) is 7.48. The molecule has 3 heteroatoms. The molecular weight excluding hydrogens is 180 g/mol. The van der Waals surface area contributed by atoms with Crippen LogP contribution < -0.4 is 0 Å². The standard InChI is InChI=1S/C11H22O3/c1-4-5-6-11(14-10(3)13)8-7-9(2)12/h9,11-12H,4-8H2,1-3H3. The van der Waals surface area contributed by atoms with Crippen molar-refractivity contribution in [2.45, 2.75) is 65.1 Å². The largest absolute Gasteiger partial charge is 0.463 e. The molecule has 0 heterocycles. The molecule has 0 saturated heterocycles. The number of carbonyl (C=O) groups is 1. The first-order valence-corrected chi connectivity index (χ1v) is 5.41. The first-order chi connectivity index (χ1) is 6.56. The lowest BCUT2D eigenvalue weighted by Crippen LogP contribution is -2.18. The lowest BCUT2D eigenvalue weighted by Gasteiger charge is -2.17. The van der Waals surface area contributed by atoms with E-state index in [2.05, 4.69) is 6.92 Å². The average Bonchev–Trinajstić information content (AvgIpc) is 2.09. The fourth-order valence-electron chi connectivity index (χ4n) is 1.36. The Balaban J connectivity index is 3.78. The summed E-state index contributed by atoms with van der Waals surface area (Å²) in [5.41, 5.74) is 0.